The van der Waals surface area contributed by atoms with Gasteiger partial charge in [0.2, 0.25) is 0 Å². The third-order valence-corrected chi connectivity index (χ3v) is 3.27. The fourth-order valence-corrected chi connectivity index (χ4v) is 1.96. The Balaban J connectivity index is 2.05. The maximum Gasteiger partial charge on any atom is 0.0422 e. The molecule has 1 aromatic heterocycles. The SMILES string of the molecule is CCc1ccc(CC(N)c2ccc(Cl)cc2)nc1. The summed E-state index contributed by atoms with van der Waals surface area (Å²) in [7, 11) is 0. The van der Waals surface area contributed by atoms with Gasteiger partial charge in [0.1, 0.15) is 0 Å². The molecule has 18 heavy (non-hydrogen) atoms. The summed E-state index contributed by atoms with van der Waals surface area (Å²) in [5, 5.41) is 0.733. The van der Waals surface area contributed by atoms with Crippen LogP contribution in [0.4, 0.5) is 0 Å². The highest BCUT2D eigenvalue weighted by atomic mass is 35.5. The number of aryl methyl sites for hydroxylation is 1. The molecule has 2 aromatic rings. The third kappa shape index (κ3) is 3.31. The van der Waals surface area contributed by atoms with Crippen molar-refractivity contribution < 1.29 is 0 Å². The van der Waals surface area contributed by atoms with Crippen molar-refractivity contribution in [3.8, 4) is 0 Å². The molecular weight excluding hydrogens is 244 g/mol. The summed E-state index contributed by atoms with van der Waals surface area (Å²) in [4.78, 5) is 4.43. The summed E-state index contributed by atoms with van der Waals surface area (Å²) in [5.41, 5.74) is 9.52. The van der Waals surface area contributed by atoms with Crippen molar-refractivity contribution >= 4 is 11.6 Å². The van der Waals surface area contributed by atoms with Gasteiger partial charge in [-0.25, -0.2) is 0 Å². The van der Waals surface area contributed by atoms with E-state index in [9.17, 15) is 0 Å². The van der Waals surface area contributed by atoms with Crippen molar-refractivity contribution in [2.24, 2.45) is 5.73 Å². The van der Waals surface area contributed by atoms with Crippen LogP contribution in [0, 0.1) is 0 Å². The smallest absolute Gasteiger partial charge is 0.0422 e. The van der Waals surface area contributed by atoms with Gasteiger partial charge >= 0.3 is 0 Å². The van der Waals surface area contributed by atoms with Crippen LogP contribution in [0.3, 0.4) is 0 Å². The van der Waals surface area contributed by atoms with Crippen LogP contribution in [-0.2, 0) is 12.8 Å². The zero-order chi connectivity index (χ0) is 13.0. The molecule has 0 amide bonds. The average Bonchev–Trinajstić information content (AvgIpc) is 2.40. The highest BCUT2D eigenvalue weighted by molar-refractivity contribution is 6.30. The molecule has 0 saturated heterocycles. The first kappa shape index (κ1) is 13.1. The lowest BCUT2D eigenvalue weighted by atomic mass is 10.0. The molecular formula is C15H17ClN2. The first-order valence-corrected chi connectivity index (χ1v) is 6.51. The fourth-order valence-electron chi connectivity index (χ4n) is 1.84. The van der Waals surface area contributed by atoms with Crippen LogP contribution in [0.1, 0.15) is 29.8 Å². The van der Waals surface area contributed by atoms with Gasteiger partial charge in [-0.1, -0.05) is 36.7 Å². The zero-order valence-corrected chi connectivity index (χ0v) is 11.2. The molecule has 1 unspecified atom stereocenters. The number of rotatable bonds is 4. The van der Waals surface area contributed by atoms with Crippen LogP contribution in [-0.4, -0.2) is 4.98 Å². The lowest BCUT2D eigenvalue weighted by Gasteiger charge is -2.11. The molecule has 1 heterocycles. The maximum absolute atomic E-state index is 6.16. The normalized spacial score (nSPS) is 12.4. The minimum absolute atomic E-state index is 0.0396. The fraction of sp³-hybridized carbons (Fsp3) is 0.267. The molecule has 3 heteroatoms. The molecule has 0 radical (unpaired) electrons. The summed E-state index contributed by atoms with van der Waals surface area (Å²) in [6, 6.07) is 11.8. The van der Waals surface area contributed by atoms with Gasteiger partial charge in [-0.15, -0.1) is 0 Å². The second kappa shape index (κ2) is 5.98. The van der Waals surface area contributed by atoms with E-state index in [1.165, 1.54) is 5.56 Å². The van der Waals surface area contributed by atoms with Crippen LogP contribution < -0.4 is 5.73 Å². The summed E-state index contributed by atoms with van der Waals surface area (Å²) >= 11 is 5.86. The van der Waals surface area contributed by atoms with Crippen LogP contribution in [0.2, 0.25) is 5.02 Å². The van der Waals surface area contributed by atoms with Gasteiger partial charge in [-0.3, -0.25) is 4.98 Å². The quantitative estimate of drug-likeness (QED) is 0.913. The zero-order valence-electron chi connectivity index (χ0n) is 10.4. The lowest BCUT2D eigenvalue weighted by Crippen LogP contribution is -2.14. The summed E-state index contributed by atoms with van der Waals surface area (Å²) in [6.07, 6.45) is 3.67. The van der Waals surface area contributed by atoms with Gasteiger partial charge in [0.05, 0.1) is 0 Å². The number of benzene rings is 1. The highest BCUT2D eigenvalue weighted by Gasteiger charge is 2.07. The van der Waals surface area contributed by atoms with Gasteiger partial charge in [-0.05, 0) is 35.7 Å². The Morgan fingerprint density at radius 1 is 1.17 bits per heavy atom. The minimum atomic E-state index is -0.0396. The standard InChI is InChI=1S/C15H17ClN2/c1-2-11-3-8-14(18-10-11)9-15(17)12-4-6-13(16)7-5-12/h3-8,10,15H,2,9,17H2,1H3. The van der Waals surface area contributed by atoms with Crippen molar-refractivity contribution in [2.75, 3.05) is 0 Å². The van der Waals surface area contributed by atoms with E-state index in [2.05, 4.69) is 24.0 Å². The van der Waals surface area contributed by atoms with E-state index < -0.39 is 0 Å². The van der Waals surface area contributed by atoms with Crippen molar-refractivity contribution in [3.63, 3.8) is 0 Å². The Labute approximate surface area is 113 Å². The Hall–Kier alpha value is -1.38. The van der Waals surface area contributed by atoms with Gasteiger partial charge < -0.3 is 5.73 Å². The molecule has 2 nitrogen and oxygen atoms in total. The summed E-state index contributed by atoms with van der Waals surface area (Å²) in [6.45, 7) is 2.12. The van der Waals surface area contributed by atoms with E-state index in [4.69, 9.17) is 17.3 Å². The van der Waals surface area contributed by atoms with Crippen LogP contribution in [0.25, 0.3) is 0 Å². The molecule has 0 aliphatic carbocycles. The topological polar surface area (TPSA) is 38.9 Å². The minimum Gasteiger partial charge on any atom is -0.324 e. The molecule has 0 spiro atoms. The largest absolute Gasteiger partial charge is 0.324 e. The summed E-state index contributed by atoms with van der Waals surface area (Å²) < 4.78 is 0. The van der Waals surface area contributed by atoms with E-state index in [-0.39, 0.29) is 6.04 Å². The number of aromatic nitrogens is 1. The second-order valence-electron chi connectivity index (χ2n) is 4.37. The monoisotopic (exact) mass is 260 g/mol. The average molecular weight is 261 g/mol. The van der Waals surface area contributed by atoms with Crippen LogP contribution in [0.5, 0.6) is 0 Å². The first-order chi connectivity index (χ1) is 8.69. The molecule has 0 aliphatic rings. The van der Waals surface area contributed by atoms with E-state index in [0.29, 0.717) is 0 Å². The molecule has 0 saturated carbocycles. The van der Waals surface area contributed by atoms with E-state index in [0.717, 1.165) is 29.1 Å². The molecule has 94 valence electrons. The predicted octanol–water partition coefficient (Wildman–Crippen LogP) is 3.54. The number of nitrogens with zero attached hydrogens (tertiary/aromatic N) is 1. The van der Waals surface area contributed by atoms with Gasteiger partial charge in [0.15, 0.2) is 0 Å². The van der Waals surface area contributed by atoms with E-state index in [1.807, 2.05) is 30.5 Å². The number of halogens is 1. The van der Waals surface area contributed by atoms with Gasteiger partial charge in [-0.2, -0.15) is 0 Å². The lowest BCUT2D eigenvalue weighted by molar-refractivity contribution is 0.706. The number of pyridine rings is 1. The Bertz CT molecular complexity index is 491. The first-order valence-electron chi connectivity index (χ1n) is 6.14. The number of nitrogens with two attached hydrogens (primary N) is 1. The molecule has 2 rings (SSSR count). The predicted molar refractivity (Wildman–Crippen MR) is 75.7 cm³/mol. The van der Waals surface area contributed by atoms with Crippen molar-refractivity contribution in [1.82, 2.24) is 4.98 Å². The van der Waals surface area contributed by atoms with Crippen LogP contribution >= 0.6 is 11.6 Å². The number of hydrogen-bond acceptors (Lipinski definition) is 2. The molecule has 1 aromatic carbocycles. The van der Waals surface area contributed by atoms with Crippen molar-refractivity contribution in [1.29, 1.82) is 0 Å². The van der Waals surface area contributed by atoms with Crippen LogP contribution in [0.15, 0.2) is 42.6 Å². The third-order valence-electron chi connectivity index (χ3n) is 3.02. The number of hydrogen-bond donors (Lipinski definition) is 1. The summed E-state index contributed by atoms with van der Waals surface area (Å²) in [5.74, 6) is 0. The van der Waals surface area contributed by atoms with E-state index >= 15 is 0 Å². The Kier molecular flexibility index (Phi) is 4.34. The molecule has 0 aliphatic heterocycles. The Morgan fingerprint density at radius 3 is 2.44 bits per heavy atom. The second-order valence-corrected chi connectivity index (χ2v) is 4.81. The van der Waals surface area contributed by atoms with Crippen molar-refractivity contribution in [2.45, 2.75) is 25.8 Å². The molecule has 1 atom stereocenters. The van der Waals surface area contributed by atoms with Gasteiger partial charge in [0, 0.05) is 29.4 Å². The van der Waals surface area contributed by atoms with E-state index in [1.54, 1.807) is 0 Å². The molecule has 0 fully saturated rings. The van der Waals surface area contributed by atoms with Gasteiger partial charge in [0.25, 0.3) is 0 Å². The van der Waals surface area contributed by atoms with Crippen molar-refractivity contribution in [3.05, 3.63) is 64.4 Å². The maximum atomic E-state index is 6.16. The highest BCUT2D eigenvalue weighted by Crippen LogP contribution is 2.17. The Morgan fingerprint density at radius 2 is 1.89 bits per heavy atom. The molecule has 0 bridgehead atoms. The molecule has 2 N–H and O–H groups in total.